The smallest absolute Gasteiger partial charge is 0.237 e. The summed E-state index contributed by atoms with van der Waals surface area (Å²) in [5.41, 5.74) is 0.853. The lowest BCUT2D eigenvalue weighted by molar-refractivity contribution is 0.381. The quantitative estimate of drug-likeness (QED) is 0.756. The van der Waals surface area contributed by atoms with Crippen LogP contribution in [0.25, 0.3) is 0 Å². The van der Waals surface area contributed by atoms with Gasteiger partial charge in [0.05, 0.1) is 13.2 Å². The van der Waals surface area contributed by atoms with E-state index < -0.39 is 0 Å². The van der Waals surface area contributed by atoms with Crippen molar-refractivity contribution < 1.29 is 4.74 Å². The van der Waals surface area contributed by atoms with Crippen LogP contribution in [-0.2, 0) is 0 Å². The monoisotopic (exact) mass is 367 g/mol. The lowest BCUT2D eigenvalue weighted by Gasteiger charge is -2.18. The first-order valence-electron chi connectivity index (χ1n) is 6.71. The first-order valence-corrected chi connectivity index (χ1v) is 8.49. The van der Waals surface area contributed by atoms with E-state index in [2.05, 4.69) is 50.3 Å². The van der Waals surface area contributed by atoms with Crippen molar-refractivity contribution in [2.75, 3.05) is 19.4 Å². The number of aromatic nitrogens is 2. The number of ether oxygens (including phenoxy) is 1. The van der Waals surface area contributed by atoms with Gasteiger partial charge in [0.1, 0.15) is 5.69 Å². The SMILES string of the molecule is CCNC(CSc1ccc(Br)cc1)c1nccnc1OC. The average molecular weight is 368 g/mol. The predicted molar refractivity (Wildman–Crippen MR) is 89.9 cm³/mol. The molecule has 0 amide bonds. The van der Waals surface area contributed by atoms with E-state index >= 15 is 0 Å². The van der Waals surface area contributed by atoms with Crippen LogP contribution in [0.1, 0.15) is 18.7 Å². The number of hydrogen-bond acceptors (Lipinski definition) is 5. The Morgan fingerprint density at radius 2 is 1.95 bits per heavy atom. The largest absolute Gasteiger partial charge is 0.480 e. The summed E-state index contributed by atoms with van der Waals surface area (Å²) < 4.78 is 6.40. The van der Waals surface area contributed by atoms with Crippen LogP contribution in [0.3, 0.4) is 0 Å². The summed E-state index contributed by atoms with van der Waals surface area (Å²) in [7, 11) is 1.62. The van der Waals surface area contributed by atoms with Gasteiger partial charge in [0, 0.05) is 27.5 Å². The van der Waals surface area contributed by atoms with E-state index in [4.69, 9.17) is 4.74 Å². The Morgan fingerprint density at radius 1 is 1.24 bits per heavy atom. The molecule has 6 heteroatoms. The Bertz CT molecular complexity index is 565. The third-order valence-electron chi connectivity index (χ3n) is 2.90. The molecule has 1 aromatic heterocycles. The van der Waals surface area contributed by atoms with Crippen LogP contribution in [0, 0.1) is 0 Å². The minimum atomic E-state index is 0.104. The molecule has 0 bridgehead atoms. The first kappa shape index (κ1) is 16.3. The van der Waals surface area contributed by atoms with Gasteiger partial charge in [-0.3, -0.25) is 4.98 Å². The number of nitrogens with one attached hydrogen (secondary N) is 1. The van der Waals surface area contributed by atoms with Gasteiger partial charge in [0.2, 0.25) is 5.88 Å². The van der Waals surface area contributed by atoms with Crippen molar-refractivity contribution in [3.05, 3.63) is 46.8 Å². The van der Waals surface area contributed by atoms with E-state index in [0.717, 1.165) is 22.5 Å². The number of thioether (sulfide) groups is 1. The molecule has 0 radical (unpaired) electrons. The van der Waals surface area contributed by atoms with Gasteiger partial charge in [-0.25, -0.2) is 4.98 Å². The maximum atomic E-state index is 5.31. The highest BCUT2D eigenvalue weighted by Crippen LogP contribution is 2.28. The third-order valence-corrected chi connectivity index (χ3v) is 4.53. The van der Waals surface area contributed by atoms with Gasteiger partial charge in [-0.05, 0) is 30.8 Å². The molecule has 1 aromatic carbocycles. The van der Waals surface area contributed by atoms with E-state index in [-0.39, 0.29) is 6.04 Å². The summed E-state index contributed by atoms with van der Waals surface area (Å²) in [6.07, 6.45) is 3.35. The molecule has 2 rings (SSSR count). The zero-order valence-electron chi connectivity index (χ0n) is 12.0. The van der Waals surface area contributed by atoms with Crippen LogP contribution in [-0.4, -0.2) is 29.4 Å². The second-order valence-electron chi connectivity index (χ2n) is 4.33. The van der Waals surface area contributed by atoms with E-state index in [1.165, 1.54) is 4.90 Å². The fraction of sp³-hybridized carbons (Fsp3) is 0.333. The lowest BCUT2D eigenvalue weighted by atomic mass is 10.2. The highest BCUT2D eigenvalue weighted by molar-refractivity contribution is 9.10. The van der Waals surface area contributed by atoms with Gasteiger partial charge in [0.25, 0.3) is 0 Å². The van der Waals surface area contributed by atoms with Crippen molar-refractivity contribution >= 4 is 27.7 Å². The number of benzene rings is 1. The maximum absolute atomic E-state index is 5.31. The van der Waals surface area contributed by atoms with Crippen molar-refractivity contribution in [1.29, 1.82) is 0 Å². The molecule has 1 unspecified atom stereocenters. The molecule has 0 aliphatic carbocycles. The summed E-state index contributed by atoms with van der Waals surface area (Å²) in [6, 6.07) is 8.41. The van der Waals surface area contributed by atoms with Crippen molar-refractivity contribution in [2.45, 2.75) is 17.9 Å². The highest BCUT2D eigenvalue weighted by Gasteiger charge is 2.18. The van der Waals surface area contributed by atoms with Crippen molar-refractivity contribution in [3.63, 3.8) is 0 Å². The number of hydrogen-bond donors (Lipinski definition) is 1. The van der Waals surface area contributed by atoms with Gasteiger partial charge in [-0.2, -0.15) is 0 Å². The molecule has 1 N–H and O–H groups in total. The van der Waals surface area contributed by atoms with Crippen LogP contribution in [0.15, 0.2) is 46.0 Å². The Kier molecular flexibility index (Phi) is 6.48. The van der Waals surface area contributed by atoms with Gasteiger partial charge >= 0.3 is 0 Å². The molecule has 1 atom stereocenters. The third kappa shape index (κ3) is 4.69. The van der Waals surface area contributed by atoms with E-state index in [9.17, 15) is 0 Å². The van der Waals surface area contributed by atoms with Crippen LogP contribution in [0.4, 0.5) is 0 Å². The Balaban J connectivity index is 2.10. The molecule has 4 nitrogen and oxygen atoms in total. The van der Waals surface area contributed by atoms with E-state index in [0.29, 0.717) is 5.88 Å². The number of halogens is 1. The lowest BCUT2D eigenvalue weighted by Crippen LogP contribution is -2.24. The molecule has 21 heavy (non-hydrogen) atoms. The second-order valence-corrected chi connectivity index (χ2v) is 6.34. The van der Waals surface area contributed by atoms with E-state index in [1.54, 1.807) is 31.3 Å². The molecule has 0 aliphatic heterocycles. The van der Waals surface area contributed by atoms with Crippen molar-refractivity contribution in [1.82, 2.24) is 15.3 Å². The maximum Gasteiger partial charge on any atom is 0.237 e. The average Bonchev–Trinajstić information content (AvgIpc) is 2.53. The fourth-order valence-corrected chi connectivity index (χ4v) is 3.15. The second kappa shape index (κ2) is 8.36. The summed E-state index contributed by atoms with van der Waals surface area (Å²) in [4.78, 5) is 9.88. The zero-order valence-corrected chi connectivity index (χ0v) is 14.4. The minimum absolute atomic E-state index is 0.104. The van der Waals surface area contributed by atoms with Crippen molar-refractivity contribution in [3.8, 4) is 5.88 Å². The summed E-state index contributed by atoms with van der Waals surface area (Å²) >= 11 is 5.23. The summed E-state index contributed by atoms with van der Waals surface area (Å²) in [5, 5.41) is 3.44. The molecule has 1 heterocycles. The van der Waals surface area contributed by atoms with Crippen molar-refractivity contribution in [2.24, 2.45) is 0 Å². The predicted octanol–water partition coefficient (Wildman–Crippen LogP) is 3.69. The van der Waals surface area contributed by atoms with Crippen LogP contribution >= 0.6 is 27.7 Å². The molecule has 0 aliphatic rings. The summed E-state index contributed by atoms with van der Waals surface area (Å²) in [6.45, 7) is 2.95. The molecular weight excluding hydrogens is 350 g/mol. The highest BCUT2D eigenvalue weighted by atomic mass is 79.9. The molecule has 0 fully saturated rings. The first-order chi connectivity index (χ1) is 10.2. The Labute approximate surface area is 137 Å². The normalized spacial score (nSPS) is 12.1. The number of rotatable bonds is 7. The zero-order chi connectivity index (χ0) is 15.1. The topological polar surface area (TPSA) is 47.0 Å². The molecule has 2 aromatic rings. The summed E-state index contributed by atoms with van der Waals surface area (Å²) in [5.74, 6) is 1.45. The molecule has 0 saturated heterocycles. The van der Waals surface area contributed by atoms with E-state index in [1.807, 2.05) is 12.1 Å². The molecule has 0 saturated carbocycles. The van der Waals surface area contributed by atoms with Crippen LogP contribution < -0.4 is 10.1 Å². The minimum Gasteiger partial charge on any atom is -0.480 e. The number of methoxy groups -OCH3 is 1. The van der Waals surface area contributed by atoms with Gasteiger partial charge < -0.3 is 10.1 Å². The number of nitrogens with zero attached hydrogens (tertiary/aromatic N) is 2. The Hall–Kier alpha value is -1.11. The standard InChI is InChI=1S/C15H18BrN3OS/c1-3-17-13(14-15(20-2)19-9-8-18-14)10-21-12-6-4-11(16)5-7-12/h4-9,13,17H,3,10H2,1-2H3. The van der Waals surface area contributed by atoms with Crippen LogP contribution in [0.2, 0.25) is 0 Å². The Morgan fingerprint density at radius 3 is 2.62 bits per heavy atom. The molecule has 112 valence electrons. The van der Waals surface area contributed by atoms with Gasteiger partial charge in [-0.1, -0.05) is 22.9 Å². The van der Waals surface area contributed by atoms with Gasteiger partial charge in [0.15, 0.2) is 0 Å². The fourth-order valence-electron chi connectivity index (χ4n) is 1.92. The molecular formula is C15H18BrN3OS. The molecule has 0 spiro atoms. The van der Waals surface area contributed by atoms with Crippen LogP contribution in [0.5, 0.6) is 5.88 Å². The van der Waals surface area contributed by atoms with Gasteiger partial charge in [-0.15, -0.1) is 11.8 Å².